The summed E-state index contributed by atoms with van der Waals surface area (Å²) in [5.41, 5.74) is 1.22. The van der Waals surface area contributed by atoms with Gasteiger partial charge in [-0.3, -0.25) is 14.2 Å². The molecule has 1 aromatic heterocycles. The van der Waals surface area contributed by atoms with Crippen LogP contribution in [0.3, 0.4) is 0 Å². The molecule has 4 bridgehead atoms. The molecule has 1 amide bonds. The third-order valence-electron chi connectivity index (χ3n) is 6.50. The first-order valence-corrected chi connectivity index (χ1v) is 9.36. The van der Waals surface area contributed by atoms with Crippen LogP contribution in [0.2, 0.25) is 0 Å². The van der Waals surface area contributed by atoms with Crippen LogP contribution in [0.1, 0.15) is 38.5 Å². The normalized spacial score (nSPS) is 32.9. The molecule has 4 aliphatic carbocycles. The quantitative estimate of drug-likeness (QED) is 0.936. The average molecular weight is 337 g/mol. The van der Waals surface area contributed by atoms with Gasteiger partial charge in [-0.1, -0.05) is 12.1 Å². The lowest BCUT2D eigenvalue weighted by Crippen LogP contribution is -2.60. The Kier molecular flexibility index (Phi) is 3.27. The van der Waals surface area contributed by atoms with Crippen molar-refractivity contribution >= 4 is 16.9 Å². The lowest BCUT2D eigenvalue weighted by Gasteiger charge is -2.56. The van der Waals surface area contributed by atoms with Gasteiger partial charge in [0.1, 0.15) is 6.54 Å². The smallest absolute Gasteiger partial charge is 0.269 e. The number of carbonyl (C=O) groups excluding carboxylic acids is 1. The molecule has 2 aromatic rings. The topological polar surface area (TPSA) is 64.0 Å². The number of fused-ring (bicyclic) bond motifs is 1. The van der Waals surface area contributed by atoms with E-state index in [1.54, 1.807) is 0 Å². The molecule has 0 unspecified atom stereocenters. The van der Waals surface area contributed by atoms with Gasteiger partial charge in [0, 0.05) is 5.54 Å². The van der Waals surface area contributed by atoms with E-state index in [-0.39, 0.29) is 23.6 Å². The highest BCUT2D eigenvalue weighted by atomic mass is 16.2. The first-order chi connectivity index (χ1) is 12.1. The largest absolute Gasteiger partial charge is 0.349 e. The standard InChI is InChI=1S/C20H23N3O2/c24-18(12-23-17-4-2-1-3-16(17)21-11-19(23)25)22-20-8-13-5-14(9-20)7-15(6-13)10-20/h1-4,11,13-15H,5-10,12H2,(H,22,24). The summed E-state index contributed by atoms with van der Waals surface area (Å²) in [5.74, 6) is 2.32. The van der Waals surface area contributed by atoms with Crippen molar-refractivity contribution in [3.63, 3.8) is 0 Å². The van der Waals surface area contributed by atoms with Gasteiger partial charge in [0.2, 0.25) is 5.91 Å². The number of amides is 1. The van der Waals surface area contributed by atoms with E-state index in [9.17, 15) is 9.59 Å². The second-order valence-electron chi connectivity index (χ2n) is 8.42. The minimum Gasteiger partial charge on any atom is -0.349 e. The van der Waals surface area contributed by atoms with E-state index in [4.69, 9.17) is 0 Å². The summed E-state index contributed by atoms with van der Waals surface area (Å²) >= 11 is 0. The van der Waals surface area contributed by atoms with Crippen LogP contribution < -0.4 is 10.9 Å². The van der Waals surface area contributed by atoms with E-state index in [2.05, 4.69) is 10.3 Å². The predicted molar refractivity (Wildman–Crippen MR) is 95.0 cm³/mol. The number of nitrogens with one attached hydrogen (secondary N) is 1. The third kappa shape index (κ3) is 2.57. The maximum Gasteiger partial charge on any atom is 0.269 e. The van der Waals surface area contributed by atoms with Crippen molar-refractivity contribution in [3.8, 4) is 0 Å². The molecule has 25 heavy (non-hydrogen) atoms. The van der Waals surface area contributed by atoms with Crippen molar-refractivity contribution in [2.24, 2.45) is 17.8 Å². The first-order valence-electron chi connectivity index (χ1n) is 9.36. The van der Waals surface area contributed by atoms with Crippen molar-refractivity contribution in [1.29, 1.82) is 0 Å². The zero-order valence-corrected chi connectivity index (χ0v) is 14.3. The summed E-state index contributed by atoms with van der Waals surface area (Å²) in [6.07, 6.45) is 8.72. The van der Waals surface area contributed by atoms with Gasteiger partial charge in [0.05, 0.1) is 17.2 Å². The number of para-hydroxylation sites is 2. The van der Waals surface area contributed by atoms with Crippen LogP contribution in [0.15, 0.2) is 35.3 Å². The molecule has 1 N–H and O–H groups in total. The molecule has 130 valence electrons. The first kappa shape index (κ1) is 15.1. The van der Waals surface area contributed by atoms with Crippen molar-refractivity contribution < 1.29 is 4.79 Å². The molecule has 0 spiro atoms. The molecule has 0 aliphatic heterocycles. The molecule has 1 heterocycles. The highest BCUT2D eigenvalue weighted by Crippen LogP contribution is 2.55. The van der Waals surface area contributed by atoms with Crippen LogP contribution in [-0.4, -0.2) is 21.0 Å². The van der Waals surface area contributed by atoms with Gasteiger partial charge in [0.15, 0.2) is 0 Å². The predicted octanol–water partition coefficient (Wildman–Crippen LogP) is 2.48. The van der Waals surface area contributed by atoms with Gasteiger partial charge in [0.25, 0.3) is 5.56 Å². The highest BCUT2D eigenvalue weighted by molar-refractivity contribution is 5.80. The van der Waals surface area contributed by atoms with Gasteiger partial charge < -0.3 is 5.32 Å². The summed E-state index contributed by atoms with van der Waals surface area (Å²) in [6.45, 7) is 0.0730. The molecule has 6 rings (SSSR count). The van der Waals surface area contributed by atoms with Gasteiger partial charge >= 0.3 is 0 Å². The monoisotopic (exact) mass is 337 g/mol. The Morgan fingerprint density at radius 3 is 2.44 bits per heavy atom. The summed E-state index contributed by atoms with van der Waals surface area (Å²) in [6, 6.07) is 7.47. The number of benzene rings is 1. The molecular weight excluding hydrogens is 314 g/mol. The van der Waals surface area contributed by atoms with Gasteiger partial charge in [-0.2, -0.15) is 0 Å². The van der Waals surface area contributed by atoms with Crippen molar-refractivity contribution in [1.82, 2.24) is 14.9 Å². The Morgan fingerprint density at radius 2 is 1.76 bits per heavy atom. The Balaban J connectivity index is 1.40. The number of hydrogen-bond donors (Lipinski definition) is 1. The van der Waals surface area contributed by atoms with Crippen molar-refractivity contribution in [2.75, 3.05) is 0 Å². The SMILES string of the molecule is O=C(Cn1c(=O)cnc2ccccc21)NC12CC3CC(CC(C3)C1)C2. The Morgan fingerprint density at radius 1 is 1.12 bits per heavy atom. The molecule has 0 saturated heterocycles. The molecule has 4 aliphatic rings. The maximum absolute atomic E-state index is 12.8. The highest BCUT2D eigenvalue weighted by Gasteiger charge is 2.51. The third-order valence-corrected chi connectivity index (χ3v) is 6.50. The molecule has 4 saturated carbocycles. The van der Waals surface area contributed by atoms with Crippen LogP contribution in [0.5, 0.6) is 0 Å². The van der Waals surface area contributed by atoms with Crippen molar-refractivity contribution in [2.45, 2.75) is 50.6 Å². The molecule has 0 atom stereocenters. The minimum atomic E-state index is -0.223. The van der Waals surface area contributed by atoms with E-state index in [0.717, 1.165) is 48.0 Å². The molecule has 4 fully saturated rings. The Bertz CT molecular complexity index is 866. The molecule has 5 heteroatoms. The lowest BCUT2D eigenvalue weighted by atomic mass is 9.53. The zero-order valence-electron chi connectivity index (χ0n) is 14.3. The number of nitrogens with zero attached hydrogens (tertiary/aromatic N) is 2. The van der Waals surface area contributed by atoms with Crippen LogP contribution in [0.4, 0.5) is 0 Å². The van der Waals surface area contributed by atoms with E-state index in [0.29, 0.717) is 0 Å². The number of hydrogen-bond acceptors (Lipinski definition) is 3. The van der Waals surface area contributed by atoms with E-state index < -0.39 is 0 Å². The van der Waals surface area contributed by atoms with Crippen LogP contribution in [-0.2, 0) is 11.3 Å². The van der Waals surface area contributed by atoms with E-state index in [1.165, 1.54) is 30.0 Å². The summed E-state index contributed by atoms with van der Waals surface area (Å²) in [4.78, 5) is 29.2. The van der Waals surface area contributed by atoms with Gasteiger partial charge in [-0.15, -0.1) is 0 Å². The molecular formula is C20H23N3O2. The second-order valence-corrected chi connectivity index (χ2v) is 8.42. The average Bonchev–Trinajstić information content (AvgIpc) is 2.56. The van der Waals surface area contributed by atoms with Crippen LogP contribution in [0, 0.1) is 17.8 Å². The van der Waals surface area contributed by atoms with Gasteiger partial charge in [-0.05, 0) is 68.4 Å². The van der Waals surface area contributed by atoms with E-state index >= 15 is 0 Å². The maximum atomic E-state index is 12.8. The number of aromatic nitrogens is 2. The van der Waals surface area contributed by atoms with Crippen molar-refractivity contribution in [3.05, 3.63) is 40.8 Å². The van der Waals surface area contributed by atoms with Crippen LogP contribution in [0.25, 0.3) is 11.0 Å². The van der Waals surface area contributed by atoms with Crippen LogP contribution >= 0.6 is 0 Å². The Hall–Kier alpha value is -2.17. The second kappa shape index (κ2) is 5.41. The Labute approximate surface area is 146 Å². The summed E-state index contributed by atoms with van der Waals surface area (Å²) in [7, 11) is 0. The zero-order chi connectivity index (χ0) is 17.0. The molecule has 5 nitrogen and oxygen atoms in total. The molecule has 0 radical (unpaired) electrons. The minimum absolute atomic E-state index is 0.0156. The van der Waals surface area contributed by atoms with Gasteiger partial charge in [-0.25, -0.2) is 4.98 Å². The number of carbonyl (C=O) groups is 1. The fourth-order valence-electron chi connectivity index (χ4n) is 6.02. The molecule has 1 aromatic carbocycles. The summed E-state index contributed by atoms with van der Waals surface area (Å²) < 4.78 is 1.54. The fourth-order valence-corrected chi connectivity index (χ4v) is 6.02. The lowest BCUT2D eigenvalue weighted by molar-refractivity contribution is -0.127. The summed E-state index contributed by atoms with van der Waals surface area (Å²) in [5, 5.41) is 3.35. The number of rotatable bonds is 3. The van der Waals surface area contributed by atoms with E-state index in [1.807, 2.05) is 24.3 Å². The fraction of sp³-hybridized carbons (Fsp3) is 0.550.